The predicted molar refractivity (Wildman–Crippen MR) is 69.9 cm³/mol. The molecule has 1 aliphatic rings. The lowest BCUT2D eigenvalue weighted by Gasteiger charge is -2.38. The van der Waals surface area contributed by atoms with Gasteiger partial charge in [-0.25, -0.2) is 0 Å². The van der Waals surface area contributed by atoms with E-state index in [-0.39, 0.29) is 0 Å². The molecule has 3 heteroatoms. The molecule has 16 heavy (non-hydrogen) atoms. The van der Waals surface area contributed by atoms with Crippen molar-refractivity contribution >= 4 is 11.4 Å². The average Bonchev–Trinajstić information content (AvgIpc) is 2.15. The number of rotatable bonds is 1. The first kappa shape index (κ1) is 11.3. The minimum atomic E-state index is 0.518. The van der Waals surface area contributed by atoms with E-state index in [0.29, 0.717) is 12.1 Å². The highest BCUT2D eigenvalue weighted by molar-refractivity contribution is 5.68. The average molecular weight is 219 g/mol. The van der Waals surface area contributed by atoms with Crippen LogP contribution in [0.5, 0.6) is 0 Å². The Morgan fingerprint density at radius 1 is 1.25 bits per heavy atom. The van der Waals surface area contributed by atoms with E-state index in [0.717, 1.165) is 18.8 Å². The molecule has 3 N–H and O–H groups in total. The lowest BCUT2D eigenvalue weighted by Crippen LogP contribution is -2.54. The van der Waals surface area contributed by atoms with E-state index in [1.807, 2.05) is 6.07 Å². The second-order valence-corrected chi connectivity index (χ2v) is 4.94. The molecular formula is C13H21N3. The van der Waals surface area contributed by atoms with Crippen molar-refractivity contribution in [3.05, 3.63) is 23.8 Å². The summed E-state index contributed by atoms with van der Waals surface area (Å²) in [7, 11) is 0. The Bertz CT molecular complexity index is 365. The van der Waals surface area contributed by atoms with Crippen LogP contribution in [0.3, 0.4) is 0 Å². The van der Waals surface area contributed by atoms with Gasteiger partial charge in [0.2, 0.25) is 0 Å². The smallest absolute Gasteiger partial charge is 0.0601 e. The zero-order valence-corrected chi connectivity index (χ0v) is 10.3. The summed E-state index contributed by atoms with van der Waals surface area (Å²) in [6.07, 6.45) is 0. The van der Waals surface area contributed by atoms with E-state index in [2.05, 4.69) is 43.1 Å². The summed E-state index contributed by atoms with van der Waals surface area (Å²) in [5.41, 5.74) is 9.36. The van der Waals surface area contributed by atoms with Crippen LogP contribution in [0, 0.1) is 6.92 Å². The van der Waals surface area contributed by atoms with E-state index in [9.17, 15) is 0 Å². The molecule has 0 amide bonds. The van der Waals surface area contributed by atoms with Crippen molar-refractivity contribution in [3.63, 3.8) is 0 Å². The van der Waals surface area contributed by atoms with Crippen LogP contribution in [0.1, 0.15) is 19.4 Å². The first-order valence-electron chi connectivity index (χ1n) is 5.93. The number of nitrogens with zero attached hydrogens (tertiary/aromatic N) is 1. The number of nitrogen functional groups attached to an aromatic ring is 1. The maximum absolute atomic E-state index is 6.08. The number of aryl methyl sites for hydroxylation is 1. The molecule has 88 valence electrons. The Kier molecular flexibility index (Phi) is 3.06. The van der Waals surface area contributed by atoms with Gasteiger partial charge in [-0.3, -0.25) is 0 Å². The molecular weight excluding hydrogens is 198 g/mol. The Labute approximate surface area is 97.6 Å². The van der Waals surface area contributed by atoms with Gasteiger partial charge in [-0.1, -0.05) is 6.07 Å². The second-order valence-electron chi connectivity index (χ2n) is 4.94. The number of nitrogens with two attached hydrogens (primary N) is 1. The first-order valence-corrected chi connectivity index (χ1v) is 5.93. The molecule has 0 aromatic heterocycles. The van der Waals surface area contributed by atoms with Crippen LogP contribution in [0.15, 0.2) is 18.2 Å². The Morgan fingerprint density at radius 2 is 1.88 bits per heavy atom. The van der Waals surface area contributed by atoms with E-state index in [1.54, 1.807) is 0 Å². The van der Waals surface area contributed by atoms with Crippen LogP contribution < -0.4 is 16.0 Å². The number of hydrogen-bond donors (Lipinski definition) is 2. The van der Waals surface area contributed by atoms with Crippen molar-refractivity contribution in [3.8, 4) is 0 Å². The quantitative estimate of drug-likeness (QED) is 0.707. The van der Waals surface area contributed by atoms with Crippen LogP contribution in [-0.4, -0.2) is 25.2 Å². The van der Waals surface area contributed by atoms with Crippen LogP contribution in [0.2, 0.25) is 0 Å². The Balaban J connectivity index is 2.23. The molecule has 0 bridgehead atoms. The van der Waals surface area contributed by atoms with E-state index < -0.39 is 0 Å². The van der Waals surface area contributed by atoms with Gasteiger partial charge < -0.3 is 16.0 Å². The molecule has 0 saturated carbocycles. The molecule has 0 spiro atoms. The fraction of sp³-hybridized carbons (Fsp3) is 0.538. The van der Waals surface area contributed by atoms with E-state index in [1.165, 1.54) is 11.3 Å². The summed E-state index contributed by atoms with van der Waals surface area (Å²) in [5, 5.41) is 3.53. The zero-order chi connectivity index (χ0) is 11.7. The fourth-order valence-corrected chi connectivity index (χ4v) is 2.49. The number of piperazine rings is 1. The molecule has 3 nitrogen and oxygen atoms in total. The predicted octanol–water partition coefficient (Wildman–Crippen LogP) is 1.76. The summed E-state index contributed by atoms with van der Waals surface area (Å²) in [5.74, 6) is 0. The number of benzene rings is 1. The third-order valence-electron chi connectivity index (χ3n) is 3.08. The van der Waals surface area contributed by atoms with Gasteiger partial charge in [0.25, 0.3) is 0 Å². The van der Waals surface area contributed by atoms with Gasteiger partial charge >= 0.3 is 0 Å². The van der Waals surface area contributed by atoms with Crippen molar-refractivity contribution in [2.24, 2.45) is 0 Å². The molecule has 0 radical (unpaired) electrons. The maximum Gasteiger partial charge on any atom is 0.0601 e. The molecule has 1 aromatic rings. The maximum atomic E-state index is 6.08. The zero-order valence-electron chi connectivity index (χ0n) is 10.3. The summed E-state index contributed by atoms with van der Waals surface area (Å²) >= 11 is 0. The van der Waals surface area contributed by atoms with Crippen molar-refractivity contribution in [2.45, 2.75) is 32.9 Å². The number of hydrogen-bond acceptors (Lipinski definition) is 3. The Hall–Kier alpha value is -1.22. The Morgan fingerprint density at radius 3 is 2.44 bits per heavy atom. The van der Waals surface area contributed by atoms with Gasteiger partial charge in [0.15, 0.2) is 0 Å². The fourth-order valence-electron chi connectivity index (χ4n) is 2.49. The van der Waals surface area contributed by atoms with Gasteiger partial charge in [0.1, 0.15) is 0 Å². The van der Waals surface area contributed by atoms with Crippen molar-refractivity contribution in [1.29, 1.82) is 0 Å². The van der Waals surface area contributed by atoms with E-state index >= 15 is 0 Å². The number of anilines is 2. The second kappa shape index (κ2) is 4.34. The molecule has 2 rings (SSSR count). The highest BCUT2D eigenvalue weighted by Gasteiger charge is 2.22. The topological polar surface area (TPSA) is 41.3 Å². The van der Waals surface area contributed by atoms with Crippen LogP contribution in [0.4, 0.5) is 11.4 Å². The molecule has 1 aromatic carbocycles. The SMILES string of the molecule is Cc1ccc(N2C[C@@H](C)N[C@H](C)C2)c(N)c1. The molecule has 1 aliphatic heterocycles. The van der Waals surface area contributed by atoms with E-state index in [4.69, 9.17) is 5.73 Å². The van der Waals surface area contributed by atoms with Gasteiger partial charge in [-0.05, 0) is 38.5 Å². The summed E-state index contributed by atoms with van der Waals surface area (Å²) < 4.78 is 0. The molecule has 0 aliphatic carbocycles. The molecule has 1 saturated heterocycles. The summed E-state index contributed by atoms with van der Waals surface area (Å²) in [6.45, 7) is 8.55. The third kappa shape index (κ3) is 2.30. The van der Waals surface area contributed by atoms with Crippen LogP contribution >= 0.6 is 0 Å². The summed E-state index contributed by atoms with van der Waals surface area (Å²) in [4.78, 5) is 2.38. The summed E-state index contributed by atoms with van der Waals surface area (Å²) in [6, 6.07) is 7.35. The highest BCUT2D eigenvalue weighted by atomic mass is 15.2. The molecule has 0 unspecified atom stereocenters. The monoisotopic (exact) mass is 219 g/mol. The minimum Gasteiger partial charge on any atom is -0.397 e. The largest absolute Gasteiger partial charge is 0.397 e. The van der Waals surface area contributed by atoms with Crippen LogP contribution in [-0.2, 0) is 0 Å². The number of nitrogens with one attached hydrogen (secondary N) is 1. The molecule has 1 fully saturated rings. The van der Waals surface area contributed by atoms with Gasteiger partial charge in [-0.2, -0.15) is 0 Å². The lowest BCUT2D eigenvalue weighted by atomic mass is 10.1. The van der Waals surface area contributed by atoms with Crippen LogP contribution in [0.25, 0.3) is 0 Å². The van der Waals surface area contributed by atoms with Gasteiger partial charge in [-0.15, -0.1) is 0 Å². The molecule has 2 atom stereocenters. The van der Waals surface area contributed by atoms with Crippen molar-refractivity contribution in [2.75, 3.05) is 23.7 Å². The standard InChI is InChI=1S/C13H21N3/c1-9-4-5-13(12(14)6-9)16-7-10(2)15-11(3)8-16/h4-6,10-11,15H,7-8,14H2,1-3H3/t10-,11-/m1/s1. The first-order chi connectivity index (χ1) is 7.56. The highest BCUT2D eigenvalue weighted by Crippen LogP contribution is 2.25. The van der Waals surface area contributed by atoms with Gasteiger partial charge in [0, 0.05) is 25.2 Å². The van der Waals surface area contributed by atoms with Crippen molar-refractivity contribution in [1.82, 2.24) is 5.32 Å². The normalized spacial score (nSPS) is 25.8. The third-order valence-corrected chi connectivity index (χ3v) is 3.08. The molecule has 1 heterocycles. The minimum absolute atomic E-state index is 0.518. The van der Waals surface area contributed by atoms with Crippen molar-refractivity contribution < 1.29 is 0 Å². The lowest BCUT2D eigenvalue weighted by molar-refractivity contribution is 0.407. The van der Waals surface area contributed by atoms with Gasteiger partial charge in [0.05, 0.1) is 11.4 Å².